The molecule has 0 fully saturated rings. The second kappa shape index (κ2) is 22.7. The number of hydrogen-bond donors (Lipinski definition) is 2. The molecule has 0 atom stereocenters. The molecule has 16 heteroatoms. The molecular formula is C24H41N9O7. The smallest absolute Gasteiger partial charge is 0.222 e. The van der Waals surface area contributed by atoms with Gasteiger partial charge in [-0.1, -0.05) is 5.11 Å². The van der Waals surface area contributed by atoms with Crippen molar-refractivity contribution in [1.29, 1.82) is 0 Å². The van der Waals surface area contributed by atoms with Crippen molar-refractivity contribution in [2.24, 2.45) is 5.11 Å². The van der Waals surface area contributed by atoms with Crippen LogP contribution in [-0.4, -0.2) is 118 Å². The molecule has 0 aliphatic carbocycles. The topological polar surface area (TPSA) is 203 Å². The molecule has 2 rings (SSSR count). The van der Waals surface area contributed by atoms with Gasteiger partial charge >= 0.3 is 0 Å². The SMILES string of the molecule is [N-]=[N+]=NCCOCCOCCOCCOCCOCCOCCC(=O)NCCCCn1ncc2c(N)ncnc21. The number of nitrogens with zero attached hydrogens (tertiary/aromatic N) is 7. The van der Waals surface area contributed by atoms with Gasteiger partial charge in [0.25, 0.3) is 0 Å². The number of rotatable bonds is 26. The Kier molecular flexibility index (Phi) is 18.8. The molecule has 0 unspecified atom stereocenters. The minimum atomic E-state index is -0.0407. The van der Waals surface area contributed by atoms with Crippen LogP contribution in [0.5, 0.6) is 0 Å². The van der Waals surface area contributed by atoms with Gasteiger partial charge in [0.15, 0.2) is 5.65 Å². The lowest BCUT2D eigenvalue weighted by molar-refractivity contribution is -0.122. The van der Waals surface area contributed by atoms with Crippen molar-refractivity contribution < 1.29 is 33.2 Å². The van der Waals surface area contributed by atoms with E-state index in [9.17, 15) is 4.79 Å². The summed E-state index contributed by atoms with van der Waals surface area (Å²) in [5.74, 6) is 0.379. The van der Waals surface area contributed by atoms with Crippen LogP contribution in [0, 0.1) is 0 Å². The molecule has 0 aliphatic rings. The van der Waals surface area contributed by atoms with Gasteiger partial charge in [0.2, 0.25) is 5.91 Å². The highest BCUT2D eigenvalue weighted by atomic mass is 16.6. The van der Waals surface area contributed by atoms with Crippen molar-refractivity contribution in [3.05, 3.63) is 23.0 Å². The van der Waals surface area contributed by atoms with Crippen molar-refractivity contribution in [3.8, 4) is 0 Å². The van der Waals surface area contributed by atoms with Gasteiger partial charge in [-0.3, -0.25) is 4.79 Å². The Morgan fingerprint density at radius 3 is 2.05 bits per heavy atom. The maximum Gasteiger partial charge on any atom is 0.222 e. The van der Waals surface area contributed by atoms with Crippen LogP contribution in [0.1, 0.15) is 19.3 Å². The van der Waals surface area contributed by atoms with Crippen LogP contribution in [0.4, 0.5) is 5.82 Å². The van der Waals surface area contributed by atoms with Crippen molar-refractivity contribution in [1.82, 2.24) is 25.1 Å². The fourth-order valence-corrected chi connectivity index (χ4v) is 3.29. The standard InChI is InChI=1S/C24H41N9O7/c25-23-21-19-31-33(24(21)29-20-28-23)6-2-1-4-27-22(34)3-7-35-9-11-37-13-15-39-17-18-40-16-14-38-12-10-36-8-5-30-32-26/h19-20H,1-18H2,(H,27,34)(H2,25,28,29). The van der Waals surface area contributed by atoms with E-state index in [1.165, 1.54) is 6.33 Å². The van der Waals surface area contributed by atoms with Gasteiger partial charge in [0.1, 0.15) is 12.1 Å². The molecule has 0 saturated heterocycles. The third-order valence-electron chi connectivity index (χ3n) is 5.32. The van der Waals surface area contributed by atoms with Crippen LogP contribution >= 0.6 is 0 Å². The first-order valence-corrected chi connectivity index (χ1v) is 13.4. The Morgan fingerprint density at radius 1 is 0.875 bits per heavy atom. The Labute approximate surface area is 233 Å². The highest BCUT2D eigenvalue weighted by Crippen LogP contribution is 2.15. The highest BCUT2D eigenvalue weighted by Gasteiger charge is 2.07. The quantitative estimate of drug-likeness (QED) is 0.0713. The molecule has 0 aliphatic heterocycles. The third kappa shape index (κ3) is 15.5. The summed E-state index contributed by atoms with van der Waals surface area (Å²) in [4.78, 5) is 22.7. The summed E-state index contributed by atoms with van der Waals surface area (Å²) in [5, 5.41) is 11.3. The number of carbonyl (C=O) groups is 1. The van der Waals surface area contributed by atoms with Gasteiger partial charge in [-0.25, -0.2) is 14.6 Å². The number of nitrogens with one attached hydrogen (secondary N) is 1. The lowest BCUT2D eigenvalue weighted by Gasteiger charge is -2.08. The van der Waals surface area contributed by atoms with Gasteiger partial charge < -0.3 is 39.5 Å². The summed E-state index contributed by atoms with van der Waals surface area (Å²) >= 11 is 0. The summed E-state index contributed by atoms with van der Waals surface area (Å²) in [6, 6.07) is 0. The van der Waals surface area contributed by atoms with Gasteiger partial charge in [-0.15, -0.1) is 0 Å². The number of anilines is 1. The van der Waals surface area contributed by atoms with Gasteiger partial charge in [0.05, 0.1) is 90.9 Å². The largest absolute Gasteiger partial charge is 0.383 e. The van der Waals surface area contributed by atoms with E-state index in [2.05, 4.69) is 30.4 Å². The first kappa shape index (κ1) is 33.1. The second-order valence-corrected chi connectivity index (χ2v) is 8.30. The lowest BCUT2D eigenvalue weighted by atomic mass is 10.3. The van der Waals surface area contributed by atoms with E-state index >= 15 is 0 Å². The summed E-state index contributed by atoms with van der Waals surface area (Å²) in [6.07, 6.45) is 5.07. The van der Waals surface area contributed by atoms with E-state index in [0.717, 1.165) is 18.2 Å². The number of amides is 1. The molecule has 0 bridgehead atoms. The molecule has 0 spiro atoms. The summed E-state index contributed by atoms with van der Waals surface area (Å²) in [5.41, 5.74) is 14.7. The van der Waals surface area contributed by atoms with Crippen LogP contribution in [0.2, 0.25) is 0 Å². The lowest BCUT2D eigenvalue weighted by Crippen LogP contribution is -2.26. The van der Waals surface area contributed by atoms with Gasteiger partial charge in [0, 0.05) is 31.0 Å². The average Bonchev–Trinajstić information content (AvgIpc) is 3.38. The summed E-state index contributed by atoms with van der Waals surface area (Å²) in [6.45, 7) is 6.93. The van der Waals surface area contributed by atoms with Crippen LogP contribution in [0.25, 0.3) is 21.5 Å². The zero-order valence-corrected chi connectivity index (χ0v) is 22.9. The minimum Gasteiger partial charge on any atom is -0.383 e. The van der Waals surface area contributed by atoms with Crippen molar-refractivity contribution in [2.75, 3.05) is 98.1 Å². The number of azide groups is 1. The molecule has 2 aromatic rings. The van der Waals surface area contributed by atoms with E-state index in [0.29, 0.717) is 117 Å². The fraction of sp³-hybridized carbons (Fsp3) is 0.750. The van der Waals surface area contributed by atoms with E-state index in [1.54, 1.807) is 10.9 Å². The summed E-state index contributed by atoms with van der Waals surface area (Å²) < 4.78 is 34.1. The predicted molar refractivity (Wildman–Crippen MR) is 146 cm³/mol. The van der Waals surface area contributed by atoms with Gasteiger partial charge in [-0.05, 0) is 18.4 Å². The monoisotopic (exact) mass is 567 g/mol. The molecular weight excluding hydrogens is 526 g/mol. The third-order valence-corrected chi connectivity index (χ3v) is 5.32. The van der Waals surface area contributed by atoms with E-state index < -0.39 is 0 Å². The summed E-state index contributed by atoms with van der Waals surface area (Å²) in [7, 11) is 0. The number of fused-ring (bicyclic) bond motifs is 1. The van der Waals surface area contributed by atoms with Crippen LogP contribution < -0.4 is 11.1 Å². The minimum absolute atomic E-state index is 0.0407. The van der Waals surface area contributed by atoms with E-state index in [4.69, 9.17) is 39.7 Å². The van der Waals surface area contributed by atoms with Crippen LogP contribution in [0.15, 0.2) is 17.6 Å². The predicted octanol–water partition coefficient (Wildman–Crippen LogP) is 1.10. The zero-order chi connectivity index (χ0) is 28.5. The number of ether oxygens (including phenoxy) is 6. The van der Waals surface area contributed by atoms with Gasteiger partial charge in [-0.2, -0.15) is 5.10 Å². The Bertz CT molecular complexity index is 989. The normalized spacial score (nSPS) is 11.1. The van der Waals surface area contributed by atoms with E-state index in [-0.39, 0.29) is 5.91 Å². The highest BCUT2D eigenvalue weighted by molar-refractivity contribution is 5.84. The van der Waals surface area contributed by atoms with E-state index in [1.807, 2.05) is 0 Å². The molecule has 3 N–H and O–H groups in total. The number of aromatic nitrogens is 4. The first-order chi connectivity index (χ1) is 19.7. The molecule has 2 heterocycles. The molecule has 224 valence electrons. The molecule has 0 aromatic carbocycles. The maximum atomic E-state index is 11.9. The number of aryl methyl sites for hydroxylation is 1. The number of unbranched alkanes of at least 4 members (excludes halogenated alkanes) is 1. The zero-order valence-electron chi connectivity index (χ0n) is 22.9. The van der Waals surface area contributed by atoms with Crippen molar-refractivity contribution >= 4 is 22.8 Å². The molecule has 1 amide bonds. The van der Waals surface area contributed by atoms with Crippen molar-refractivity contribution in [3.63, 3.8) is 0 Å². The fourth-order valence-electron chi connectivity index (χ4n) is 3.29. The molecule has 16 nitrogen and oxygen atoms in total. The Balaban J connectivity index is 1.26. The molecule has 0 radical (unpaired) electrons. The second-order valence-electron chi connectivity index (χ2n) is 8.30. The number of nitrogens with two attached hydrogens (primary N) is 1. The Hall–Kier alpha value is -3.11. The number of nitrogen functional groups attached to an aromatic ring is 1. The molecule has 40 heavy (non-hydrogen) atoms. The molecule has 0 saturated carbocycles. The molecule has 2 aromatic heterocycles. The van der Waals surface area contributed by atoms with Crippen LogP contribution in [-0.2, 0) is 39.8 Å². The Morgan fingerprint density at radius 2 is 1.45 bits per heavy atom. The van der Waals surface area contributed by atoms with Crippen LogP contribution in [0.3, 0.4) is 0 Å². The number of hydrogen-bond acceptors (Lipinski definition) is 12. The van der Waals surface area contributed by atoms with Crippen molar-refractivity contribution in [2.45, 2.75) is 25.8 Å². The number of carbonyl (C=O) groups excluding carboxylic acids is 1. The average molecular weight is 568 g/mol. The first-order valence-electron chi connectivity index (χ1n) is 13.4. The maximum absolute atomic E-state index is 11.9.